The Labute approximate surface area is 119 Å². The summed E-state index contributed by atoms with van der Waals surface area (Å²) in [4.78, 5) is 4.50. The largest absolute Gasteiger partial charge is 0.497 e. The van der Waals surface area contributed by atoms with E-state index in [2.05, 4.69) is 9.56 Å². The topological polar surface area (TPSA) is 99.9 Å². The number of ether oxygens (including phenoxy) is 2. The van der Waals surface area contributed by atoms with Crippen LogP contribution in [0.2, 0.25) is 0 Å². The maximum Gasteiger partial charge on any atom is 0.244 e. The van der Waals surface area contributed by atoms with Crippen LogP contribution < -0.4 is 20.1 Å². The maximum atomic E-state index is 12.4. The van der Waals surface area contributed by atoms with Gasteiger partial charge in [-0.05, 0) is 26.0 Å². The first-order valence-corrected chi connectivity index (χ1v) is 7.32. The Morgan fingerprint density at radius 2 is 1.90 bits per heavy atom. The summed E-state index contributed by atoms with van der Waals surface area (Å²) >= 11 is 0. The van der Waals surface area contributed by atoms with Gasteiger partial charge < -0.3 is 14.3 Å². The van der Waals surface area contributed by atoms with Crippen LogP contribution >= 0.6 is 0 Å². The van der Waals surface area contributed by atoms with Crippen LogP contribution in [-0.2, 0) is 14.9 Å². The monoisotopic (exact) mass is 304 g/mol. The molecule has 0 unspecified atom stereocenters. The lowest BCUT2D eigenvalue weighted by molar-refractivity contribution is 0.0929. The van der Waals surface area contributed by atoms with Crippen molar-refractivity contribution in [1.29, 1.82) is 0 Å². The summed E-state index contributed by atoms with van der Waals surface area (Å²) in [5, 5.41) is 0. The van der Waals surface area contributed by atoms with Crippen LogP contribution in [0.15, 0.2) is 23.1 Å². The van der Waals surface area contributed by atoms with Gasteiger partial charge in [0.05, 0.1) is 26.4 Å². The van der Waals surface area contributed by atoms with Gasteiger partial charge in [0.1, 0.15) is 16.4 Å². The Bertz CT molecular complexity index is 557. The highest BCUT2D eigenvalue weighted by molar-refractivity contribution is 7.89. The lowest BCUT2D eigenvalue weighted by Crippen LogP contribution is -2.47. The highest BCUT2D eigenvalue weighted by Crippen LogP contribution is 2.28. The van der Waals surface area contributed by atoms with Crippen molar-refractivity contribution in [2.45, 2.75) is 24.3 Å². The lowest BCUT2D eigenvalue weighted by Gasteiger charge is -2.25. The zero-order chi connectivity index (χ0) is 15.4. The second-order valence-corrected chi connectivity index (χ2v) is 6.47. The smallest absolute Gasteiger partial charge is 0.244 e. The molecule has 0 amide bonds. The first kappa shape index (κ1) is 16.7. The van der Waals surface area contributed by atoms with Gasteiger partial charge in [0, 0.05) is 6.07 Å². The van der Waals surface area contributed by atoms with E-state index in [4.69, 9.17) is 15.4 Å². The normalized spacial score (nSPS) is 12.2. The first-order chi connectivity index (χ1) is 9.25. The molecule has 0 saturated heterocycles. The molecule has 0 fully saturated rings. The molecule has 0 bridgehead atoms. The van der Waals surface area contributed by atoms with Gasteiger partial charge in [0.2, 0.25) is 10.0 Å². The van der Waals surface area contributed by atoms with Crippen LogP contribution in [-0.4, -0.2) is 34.8 Å². The van der Waals surface area contributed by atoms with Crippen LogP contribution in [0.4, 0.5) is 0 Å². The fraction of sp³-hybridized carbons (Fsp3) is 0.500. The number of rotatable bonds is 7. The van der Waals surface area contributed by atoms with E-state index in [1.165, 1.54) is 26.4 Å². The number of nitrogens with two attached hydrogens (primary N) is 1. The lowest BCUT2D eigenvalue weighted by atomic mass is 10.1. The number of hydrogen-bond acceptors (Lipinski definition) is 6. The molecule has 8 heteroatoms. The van der Waals surface area contributed by atoms with E-state index in [0.29, 0.717) is 5.75 Å². The van der Waals surface area contributed by atoms with Gasteiger partial charge in [0.15, 0.2) is 0 Å². The van der Waals surface area contributed by atoms with E-state index in [1.807, 2.05) is 0 Å². The molecule has 0 spiro atoms. The molecule has 7 nitrogen and oxygen atoms in total. The minimum atomic E-state index is -3.81. The fourth-order valence-electron chi connectivity index (χ4n) is 1.65. The molecule has 3 N–H and O–H groups in total. The molecule has 1 rings (SSSR count). The third-order valence-corrected chi connectivity index (χ3v) is 4.23. The van der Waals surface area contributed by atoms with E-state index in [0.717, 1.165) is 0 Å². The Morgan fingerprint density at radius 1 is 1.25 bits per heavy atom. The van der Waals surface area contributed by atoms with Crippen molar-refractivity contribution in [3.8, 4) is 11.5 Å². The van der Waals surface area contributed by atoms with Crippen molar-refractivity contribution in [3.63, 3.8) is 0 Å². The molecule has 0 aliphatic carbocycles. The van der Waals surface area contributed by atoms with Crippen molar-refractivity contribution >= 4 is 10.0 Å². The molecule has 0 aliphatic rings. The summed E-state index contributed by atoms with van der Waals surface area (Å²) in [6.45, 7) is 3.34. The van der Waals surface area contributed by atoms with E-state index in [9.17, 15) is 8.42 Å². The van der Waals surface area contributed by atoms with Gasteiger partial charge in [-0.15, -0.1) is 0 Å². The Kier molecular flexibility index (Phi) is 5.35. The minimum absolute atomic E-state index is 0.00977. The molecular weight excluding hydrogens is 284 g/mol. The van der Waals surface area contributed by atoms with Crippen LogP contribution in [0, 0.1) is 0 Å². The van der Waals surface area contributed by atoms with Crippen molar-refractivity contribution in [1.82, 2.24) is 4.72 Å². The standard InChI is InChI=1S/C12H20N2O5S/c1-12(2,8-19-13)14-20(15,16)11-7-9(17-3)5-6-10(11)18-4/h5-7,14H,8,13H2,1-4H3. The molecule has 1 aromatic carbocycles. The Morgan fingerprint density at radius 3 is 2.40 bits per heavy atom. The average Bonchev–Trinajstić information content (AvgIpc) is 2.36. The van der Waals surface area contributed by atoms with Gasteiger partial charge in [0.25, 0.3) is 0 Å². The summed E-state index contributed by atoms with van der Waals surface area (Å²) in [7, 11) is -0.952. The second kappa shape index (κ2) is 6.40. The molecule has 0 radical (unpaired) electrons. The van der Waals surface area contributed by atoms with Gasteiger partial charge in [-0.1, -0.05) is 0 Å². The van der Waals surface area contributed by atoms with Crippen molar-refractivity contribution in [2.24, 2.45) is 5.90 Å². The molecule has 0 heterocycles. The number of benzene rings is 1. The number of methoxy groups -OCH3 is 2. The summed E-state index contributed by atoms with van der Waals surface area (Å²) in [5.74, 6) is 5.63. The first-order valence-electron chi connectivity index (χ1n) is 5.83. The number of nitrogens with one attached hydrogen (secondary N) is 1. The SMILES string of the molecule is COc1ccc(OC)c(S(=O)(=O)NC(C)(C)CON)c1. The van der Waals surface area contributed by atoms with E-state index < -0.39 is 15.6 Å². The van der Waals surface area contributed by atoms with Gasteiger partial charge >= 0.3 is 0 Å². The van der Waals surface area contributed by atoms with Gasteiger partial charge in [-0.2, -0.15) is 0 Å². The maximum absolute atomic E-state index is 12.4. The molecule has 20 heavy (non-hydrogen) atoms. The van der Waals surface area contributed by atoms with Gasteiger partial charge in [-0.25, -0.2) is 19.0 Å². The highest BCUT2D eigenvalue weighted by atomic mass is 32.2. The Balaban J connectivity index is 3.20. The van der Waals surface area contributed by atoms with Gasteiger partial charge in [-0.3, -0.25) is 0 Å². The van der Waals surface area contributed by atoms with Crippen LogP contribution in [0.3, 0.4) is 0 Å². The third-order valence-electron chi connectivity index (χ3n) is 2.52. The van der Waals surface area contributed by atoms with Crippen molar-refractivity contribution < 1.29 is 22.7 Å². The summed E-state index contributed by atoms with van der Waals surface area (Å²) in [6.07, 6.45) is 0. The third kappa shape index (κ3) is 4.07. The minimum Gasteiger partial charge on any atom is -0.497 e. The molecular formula is C12H20N2O5S. The quantitative estimate of drug-likeness (QED) is 0.718. The Hall–Kier alpha value is -1.35. The molecule has 0 saturated carbocycles. The predicted octanol–water partition coefficient (Wildman–Crippen LogP) is 0.651. The zero-order valence-corrected chi connectivity index (χ0v) is 12.8. The molecule has 1 aromatic rings. The average molecular weight is 304 g/mol. The van der Waals surface area contributed by atoms with E-state index >= 15 is 0 Å². The highest BCUT2D eigenvalue weighted by Gasteiger charge is 2.29. The van der Waals surface area contributed by atoms with E-state index in [-0.39, 0.29) is 17.3 Å². The number of sulfonamides is 1. The van der Waals surface area contributed by atoms with Crippen molar-refractivity contribution in [3.05, 3.63) is 18.2 Å². The predicted molar refractivity (Wildman–Crippen MR) is 74.1 cm³/mol. The molecule has 0 aromatic heterocycles. The zero-order valence-electron chi connectivity index (χ0n) is 12.0. The second-order valence-electron chi connectivity index (χ2n) is 4.82. The van der Waals surface area contributed by atoms with Crippen LogP contribution in [0.25, 0.3) is 0 Å². The number of hydrogen-bond donors (Lipinski definition) is 2. The summed E-state index contributed by atoms with van der Waals surface area (Å²) in [6, 6.07) is 4.53. The van der Waals surface area contributed by atoms with E-state index in [1.54, 1.807) is 19.9 Å². The van der Waals surface area contributed by atoms with Crippen LogP contribution in [0.1, 0.15) is 13.8 Å². The summed E-state index contributed by atoms with van der Waals surface area (Å²) < 4.78 is 37.5. The molecule has 0 aliphatic heterocycles. The molecule has 0 atom stereocenters. The van der Waals surface area contributed by atoms with Crippen LogP contribution in [0.5, 0.6) is 11.5 Å². The van der Waals surface area contributed by atoms with Crippen molar-refractivity contribution in [2.75, 3.05) is 20.8 Å². The summed E-state index contributed by atoms with van der Waals surface area (Å²) in [5.41, 5.74) is -0.859. The fourth-order valence-corrected chi connectivity index (χ4v) is 3.23. The molecule has 114 valence electrons.